The summed E-state index contributed by atoms with van der Waals surface area (Å²) in [6, 6.07) is 13.8. The molecule has 0 aliphatic carbocycles. The Balaban J connectivity index is 1.70. The van der Waals surface area contributed by atoms with E-state index in [-0.39, 0.29) is 0 Å². The second-order valence-electron chi connectivity index (χ2n) is 5.17. The van der Waals surface area contributed by atoms with Crippen molar-refractivity contribution in [2.24, 2.45) is 0 Å². The van der Waals surface area contributed by atoms with Crippen LogP contribution in [0.5, 0.6) is 0 Å². The quantitative estimate of drug-likeness (QED) is 0.725. The molecule has 0 radical (unpaired) electrons. The normalized spacial score (nSPS) is 12.6. The molecule has 0 spiro atoms. The summed E-state index contributed by atoms with van der Waals surface area (Å²) in [5.74, 6) is 0.594. The lowest BCUT2D eigenvalue weighted by Crippen LogP contribution is -2.28. The highest BCUT2D eigenvalue weighted by Crippen LogP contribution is 2.18. The van der Waals surface area contributed by atoms with E-state index in [0.717, 1.165) is 12.2 Å². The average Bonchev–Trinajstić information content (AvgIpc) is 3.21. The minimum atomic E-state index is -0.641. The first-order valence-electron chi connectivity index (χ1n) is 7.16. The van der Waals surface area contributed by atoms with Gasteiger partial charge in [0, 0.05) is 25.0 Å². The van der Waals surface area contributed by atoms with Crippen LogP contribution < -0.4 is 0 Å². The van der Waals surface area contributed by atoms with Gasteiger partial charge in [-0.1, -0.05) is 30.3 Å². The Hall–Kier alpha value is -1.95. The molecule has 1 N–H and O–H groups in total. The SMILES string of the molecule is O[C@@H](CN(Cc1ccccc1)Cc1cscn1)c1ccco1. The zero-order valence-electron chi connectivity index (χ0n) is 12.1. The van der Waals surface area contributed by atoms with Crippen LogP contribution in [-0.2, 0) is 13.1 Å². The third kappa shape index (κ3) is 4.04. The van der Waals surface area contributed by atoms with Gasteiger partial charge < -0.3 is 9.52 Å². The van der Waals surface area contributed by atoms with Gasteiger partial charge >= 0.3 is 0 Å². The van der Waals surface area contributed by atoms with Crippen LogP contribution in [0.2, 0.25) is 0 Å². The van der Waals surface area contributed by atoms with E-state index in [4.69, 9.17) is 4.42 Å². The summed E-state index contributed by atoms with van der Waals surface area (Å²) in [5.41, 5.74) is 4.07. The van der Waals surface area contributed by atoms with E-state index in [1.807, 2.05) is 29.1 Å². The zero-order chi connectivity index (χ0) is 15.2. The summed E-state index contributed by atoms with van der Waals surface area (Å²) in [6.07, 6.45) is 0.943. The molecule has 0 aliphatic heterocycles. The Morgan fingerprint density at radius 2 is 2.00 bits per heavy atom. The van der Waals surface area contributed by atoms with Crippen LogP contribution in [0.25, 0.3) is 0 Å². The fourth-order valence-electron chi connectivity index (χ4n) is 2.39. The van der Waals surface area contributed by atoms with Crippen molar-refractivity contribution in [3.63, 3.8) is 0 Å². The first-order valence-corrected chi connectivity index (χ1v) is 8.10. The Morgan fingerprint density at radius 3 is 2.68 bits per heavy atom. The van der Waals surface area contributed by atoms with Gasteiger partial charge in [0.1, 0.15) is 11.9 Å². The van der Waals surface area contributed by atoms with Gasteiger partial charge in [-0.05, 0) is 17.7 Å². The van der Waals surface area contributed by atoms with Gasteiger partial charge in [-0.2, -0.15) is 0 Å². The van der Waals surface area contributed by atoms with Crippen molar-refractivity contribution < 1.29 is 9.52 Å². The maximum Gasteiger partial charge on any atom is 0.133 e. The molecule has 0 aliphatic rings. The minimum absolute atomic E-state index is 0.500. The molecule has 1 atom stereocenters. The molecule has 0 unspecified atom stereocenters. The van der Waals surface area contributed by atoms with Gasteiger partial charge in [-0.15, -0.1) is 11.3 Å². The summed E-state index contributed by atoms with van der Waals surface area (Å²) in [5, 5.41) is 12.4. The average molecular weight is 314 g/mol. The van der Waals surface area contributed by atoms with Gasteiger partial charge in [0.15, 0.2) is 0 Å². The van der Waals surface area contributed by atoms with Crippen LogP contribution in [0.1, 0.15) is 23.1 Å². The van der Waals surface area contributed by atoms with Crippen LogP contribution in [0.15, 0.2) is 64.0 Å². The number of benzene rings is 1. The molecule has 4 nitrogen and oxygen atoms in total. The van der Waals surface area contributed by atoms with Gasteiger partial charge in [0.25, 0.3) is 0 Å². The highest BCUT2D eigenvalue weighted by Gasteiger charge is 2.17. The molecule has 0 amide bonds. The van der Waals surface area contributed by atoms with Crippen LogP contribution in [0.3, 0.4) is 0 Å². The number of aromatic nitrogens is 1. The highest BCUT2D eigenvalue weighted by atomic mass is 32.1. The van der Waals surface area contributed by atoms with Crippen LogP contribution >= 0.6 is 11.3 Å². The summed E-state index contributed by atoms with van der Waals surface area (Å²) < 4.78 is 5.29. The van der Waals surface area contributed by atoms with E-state index in [2.05, 4.69) is 22.0 Å². The monoisotopic (exact) mass is 314 g/mol. The molecule has 0 saturated carbocycles. The predicted molar refractivity (Wildman–Crippen MR) is 86.3 cm³/mol. The second-order valence-corrected chi connectivity index (χ2v) is 5.88. The summed E-state index contributed by atoms with van der Waals surface area (Å²) >= 11 is 1.59. The fourth-order valence-corrected chi connectivity index (χ4v) is 2.94. The molecule has 2 heterocycles. The van der Waals surface area contributed by atoms with E-state index in [9.17, 15) is 5.11 Å². The van der Waals surface area contributed by atoms with Crippen molar-refractivity contribution in [2.45, 2.75) is 19.2 Å². The van der Waals surface area contributed by atoms with Crippen LogP contribution in [0, 0.1) is 0 Å². The molecule has 22 heavy (non-hydrogen) atoms. The van der Waals surface area contributed by atoms with E-state index < -0.39 is 6.10 Å². The van der Waals surface area contributed by atoms with Gasteiger partial charge in [-0.25, -0.2) is 4.98 Å². The largest absolute Gasteiger partial charge is 0.467 e. The van der Waals surface area contributed by atoms with Crippen molar-refractivity contribution in [3.05, 3.63) is 76.6 Å². The highest BCUT2D eigenvalue weighted by molar-refractivity contribution is 7.07. The van der Waals surface area contributed by atoms with E-state index in [0.29, 0.717) is 18.8 Å². The number of hydrogen-bond donors (Lipinski definition) is 1. The maximum absolute atomic E-state index is 10.3. The molecular formula is C17H18N2O2S. The van der Waals surface area contributed by atoms with Crippen LogP contribution in [-0.4, -0.2) is 21.5 Å². The van der Waals surface area contributed by atoms with Crippen molar-refractivity contribution >= 4 is 11.3 Å². The van der Waals surface area contributed by atoms with Crippen molar-refractivity contribution in [3.8, 4) is 0 Å². The standard InChI is InChI=1S/C17H18N2O2S/c20-16(17-7-4-8-21-17)11-19(10-15-12-22-13-18-15)9-14-5-2-1-3-6-14/h1-8,12-13,16,20H,9-11H2/t16-/m0/s1. The molecule has 3 rings (SSSR count). The Bertz CT molecular complexity index is 653. The molecule has 0 fully saturated rings. The number of nitrogens with zero attached hydrogens (tertiary/aromatic N) is 2. The molecule has 1 aromatic carbocycles. The first kappa shape index (κ1) is 15.0. The molecule has 114 valence electrons. The van der Waals surface area contributed by atoms with Gasteiger partial charge in [0.05, 0.1) is 17.5 Å². The Kier molecular flexibility index (Phi) is 5.00. The van der Waals surface area contributed by atoms with Gasteiger partial charge in [0.2, 0.25) is 0 Å². The number of aliphatic hydroxyl groups is 1. The van der Waals surface area contributed by atoms with E-state index in [1.165, 1.54) is 5.56 Å². The predicted octanol–water partition coefficient (Wildman–Crippen LogP) is 3.47. The smallest absolute Gasteiger partial charge is 0.133 e. The van der Waals surface area contributed by atoms with E-state index in [1.54, 1.807) is 29.7 Å². The van der Waals surface area contributed by atoms with Gasteiger partial charge in [-0.3, -0.25) is 4.90 Å². The lowest BCUT2D eigenvalue weighted by molar-refractivity contribution is 0.0868. The molecular weight excluding hydrogens is 296 g/mol. The fraction of sp³-hybridized carbons (Fsp3) is 0.235. The minimum Gasteiger partial charge on any atom is -0.467 e. The summed E-state index contributed by atoms with van der Waals surface area (Å²) in [6.45, 7) is 1.96. The van der Waals surface area contributed by atoms with Crippen molar-refractivity contribution in [1.82, 2.24) is 9.88 Å². The summed E-state index contributed by atoms with van der Waals surface area (Å²) in [4.78, 5) is 6.52. The molecule has 5 heteroatoms. The number of rotatable bonds is 7. The molecule has 0 bridgehead atoms. The number of hydrogen-bond acceptors (Lipinski definition) is 5. The zero-order valence-corrected chi connectivity index (χ0v) is 12.9. The Labute approximate surface area is 133 Å². The number of thiazole rings is 1. The topological polar surface area (TPSA) is 49.5 Å². The lowest BCUT2D eigenvalue weighted by atomic mass is 10.2. The van der Waals surface area contributed by atoms with Crippen LogP contribution in [0.4, 0.5) is 0 Å². The first-order chi connectivity index (χ1) is 10.8. The number of furan rings is 1. The number of aliphatic hydroxyl groups excluding tert-OH is 1. The second kappa shape index (κ2) is 7.35. The van der Waals surface area contributed by atoms with E-state index >= 15 is 0 Å². The molecule has 2 aromatic heterocycles. The lowest BCUT2D eigenvalue weighted by Gasteiger charge is -2.23. The third-order valence-corrected chi connectivity index (χ3v) is 4.06. The maximum atomic E-state index is 10.3. The third-order valence-electron chi connectivity index (χ3n) is 3.42. The van der Waals surface area contributed by atoms with Crippen molar-refractivity contribution in [2.75, 3.05) is 6.54 Å². The van der Waals surface area contributed by atoms with Crippen molar-refractivity contribution in [1.29, 1.82) is 0 Å². The molecule has 3 aromatic rings. The summed E-state index contributed by atoms with van der Waals surface area (Å²) in [7, 11) is 0. The Morgan fingerprint density at radius 1 is 1.14 bits per heavy atom. The molecule has 0 saturated heterocycles.